The maximum atomic E-state index is 4.13. The largest absolute Gasteiger partial charge is 0.354 e. The van der Waals surface area contributed by atoms with E-state index in [1.807, 2.05) is 22.9 Å². The Labute approximate surface area is 112 Å². The van der Waals surface area contributed by atoms with Gasteiger partial charge in [0.2, 0.25) is 0 Å². The molecule has 0 aliphatic carbocycles. The highest BCUT2D eigenvalue weighted by molar-refractivity contribution is 5.09. The van der Waals surface area contributed by atoms with Gasteiger partial charge in [-0.25, -0.2) is 0 Å². The average Bonchev–Trinajstić information content (AvgIpc) is 2.88. The number of nitrogens with zero attached hydrogens (tertiary/aromatic N) is 5. The summed E-state index contributed by atoms with van der Waals surface area (Å²) in [4.78, 5) is 12.7. The Kier molecular flexibility index (Phi) is 3.36. The van der Waals surface area contributed by atoms with E-state index in [1.165, 1.54) is 5.56 Å². The first kappa shape index (κ1) is 11.6. The standard InChI is InChI=1S/C14H15N5/c1-3-14(9-15-4-1)10-17-7-8-19(12-17)13-18-6-2-5-16-11-18/h1-5,7-9,11H,10,12-13H2. The Morgan fingerprint density at radius 3 is 2.95 bits per heavy atom. The molecule has 0 unspecified atom stereocenters. The molecule has 0 aromatic carbocycles. The van der Waals surface area contributed by atoms with E-state index in [4.69, 9.17) is 0 Å². The Balaban J connectivity index is 1.55. The van der Waals surface area contributed by atoms with Crippen molar-refractivity contribution in [3.63, 3.8) is 0 Å². The van der Waals surface area contributed by atoms with Crippen LogP contribution in [0, 0.1) is 6.20 Å². The van der Waals surface area contributed by atoms with E-state index < -0.39 is 0 Å². The predicted octanol–water partition coefficient (Wildman–Crippen LogP) is 0.768. The number of hydrogen-bond acceptors (Lipinski definition) is 4. The molecule has 5 nitrogen and oxygen atoms in total. The van der Waals surface area contributed by atoms with Crippen LogP contribution in [0.2, 0.25) is 0 Å². The van der Waals surface area contributed by atoms with Gasteiger partial charge in [0.15, 0.2) is 6.33 Å². The lowest BCUT2D eigenvalue weighted by Gasteiger charge is -2.21. The van der Waals surface area contributed by atoms with Crippen LogP contribution in [-0.4, -0.2) is 26.4 Å². The lowest BCUT2D eigenvalue weighted by Crippen LogP contribution is -2.42. The summed E-state index contributed by atoms with van der Waals surface area (Å²) >= 11 is 0. The Bertz CT molecular complexity index is 491. The fourth-order valence-electron chi connectivity index (χ4n) is 2.03. The summed E-state index contributed by atoms with van der Waals surface area (Å²) in [5, 5.41) is 0. The number of hydrogen-bond donors (Lipinski definition) is 0. The highest BCUT2D eigenvalue weighted by Crippen LogP contribution is 2.10. The van der Waals surface area contributed by atoms with Crippen LogP contribution in [-0.2, 0) is 13.2 Å². The summed E-state index contributed by atoms with van der Waals surface area (Å²) in [6.45, 7) is 2.50. The minimum absolute atomic E-state index is 0.758. The van der Waals surface area contributed by atoms with E-state index in [9.17, 15) is 0 Å². The van der Waals surface area contributed by atoms with Gasteiger partial charge < -0.3 is 14.4 Å². The van der Waals surface area contributed by atoms with Crippen molar-refractivity contribution in [1.29, 1.82) is 0 Å². The van der Waals surface area contributed by atoms with Crippen LogP contribution in [0.5, 0.6) is 0 Å². The third-order valence-corrected chi connectivity index (χ3v) is 2.90. The van der Waals surface area contributed by atoms with Crippen LogP contribution < -0.4 is 4.57 Å². The van der Waals surface area contributed by atoms with Crippen molar-refractivity contribution in [3.05, 3.63) is 67.3 Å². The molecule has 0 N–H and O–H groups in total. The van der Waals surface area contributed by atoms with Gasteiger partial charge in [0, 0.05) is 43.7 Å². The normalized spacial score (nSPS) is 14.1. The summed E-state index contributed by atoms with van der Waals surface area (Å²) in [5.41, 5.74) is 1.22. The molecule has 2 aromatic heterocycles. The van der Waals surface area contributed by atoms with Crippen LogP contribution in [0.25, 0.3) is 0 Å². The van der Waals surface area contributed by atoms with E-state index in [2.05, 4.69) is 44.4 Å². The number of rotatable bonds is 4. The minimum Gasteiger partial charge on any atom is -0.354 e. The van der Waals surface area contributed by atoms with Gasteiger partial charge in [0.25, 0.3) is 0 Å². The summed E-state index contributed by atoms with van der Waals surface area (Å²) < 4.78 is 1.93. The first-order valence-electron chi connectivity index (χ1n) is 6.17. The third-order valence-electron chi connectivity index (χ3n) is 2.90. The number of pyridine rings is 1. The summed E-state index contributed by atoms with van der Waals surface area (Å²) in [7, 11) is 0. The van der Waals surface area contributed by atoms with E-state index in [0.29, 0.717) is 0 Å². The second-order valence-corrected chi connectivity index (χ2v) is 4.46. The molecule has 2 aromatic rings. The summed E-state index contributed by atoms with van der Waals surface area (Å²) in [6.07, 6.45) is 14.5. The smallest absolute Gasteiger partial charge is 0.178 e. The predicted molar refractivity (Wildman–Crippen MR) is 68.9 cm³/mol. The van der Waals surface area contributed by atoms with Gasteiger partial charge in [-0.3, -0.25) is 4.98 Å². The van der Waals surface area contributed by atoms with Crippen molar-refractivity contribution in [2.24, 2.45) is 0 Å². The molecule has 0 fully saturated rings. The first-order valence-corrected chi connectivity index (χ1v) is 6.17. The van der Waals surface area contributed by atoms with Crippen LogP contribution in [0.3, 0.4) is 0 Å². The lowest BCUT2D eigenvalue weighted by molar-refractivity contribution is -0.720. The molecule has 0 radical (unpaired) electrons. The van der Waals surface area contributed by atoms with Crippen LogP contribution in [0.4, 0.5) is 0 Å². The van der Waals surface area contributed by atoms with Crippen LogP contribution in [0.1, 0.15) is 5.56 Å². The minimum atomic E-state index is 0.758. The molecule has 0 amide bonds. The molecule has 1 aliphatic heterocycles. The molecule has 5 heteroatoms. The molecule has 19 heavy (non-hydrogen) atoms. The zero-order chi connectivity index (χ0) is 12.9. The SMILES string of the molecule is [c-]1ccnc[n+]1CN1C=CN(Cc2cccnc2)C1. The van der Waals surface area contributed by atoms with Crippen LogP contribution in [0.15, 0.2) is 55.5 Å². The highest BCUT2D eigenvalue weighted by Gasteiger charge is 2.12. The quantitative estimate of drug-likeness (QED) is 0.595. The van der Waals surface area contributed by atoms with Crippen molar-refractivity contribution >= 4 is 0 Å². The van der Waals surface area contributed by atoms with Gasteiger partial charge in [-0.05, 0) is 11.6 Å². The molecule has 0 atom stereocenters. The van der Waals surface area contributed by atoms with Crippen molar-refractivity contribution in [2.75, 3.05) is 6.67 Å². The van der Waals surface area contributed by atoms with Crippen molar-refractivity contribution in [2.45, 2.75) is 13.2 Å². The van der Waals surface area contributed by atoms with E-state index >= 15 is 0 Å². The van der Waals surface area contributed by atoms with E-state index in [-0.39, 0.29) is 0 Å². The Morgan fingerprint density at radius 1 is 1.21 bits per heavy atom. The third kappa shape index (κ3) is 3.07. The Morgan fingerprint density at radius 2 is 2.16 bits per heavy atom. The average molecular weight is 253 g/mol. The first-order chi connectivity index (χ1) is 9.40. The van der Waals surface area contributed by atoms with Gasteiger partial charge in [-0.1, -0.05) is 12.1 Å². The van der Waals surface area contributed by atoms with Gasteiger partial charge >= 0.3 is 0 Å². The summed E-state index contributed by atoms with van der Waals surface area (Å²) in [5.74, 6) is 0. The number of aromatic nitrogens is 3. The maximum Gasteiger partial charge on any atom is 0.178 e. The molecule has 0 spiro atoms. The van der Waals surface area contributed by atoms with Crippen LogP contribution >= 0.6 is 0 Å². The molecule has 3 heterocycles. The molecular formula is C14H15N5. The molecule has 0 bridgehead atoms. The maximum absolute atomic E-state index is 4.13. The zero-order valence-electron chi connectivity index (χ0n) is 10.6. The van der Waals surface area contributed by atoms with Gasteiger partial charge in [0.05, 0.1) is 6.67 Å². The fraction of sp³-hybridized carbons (Fsp3) is 0.214. The van der Waals surface area contributed by atoms with E-state index in [1.54, 1.807) is 18.7 Å². The molecular weight excluding hydrogens is 238 g/mol. The van der Waals surface area contributed by atoms with Crippen molar-refractivity contribution < 1.29 is 4.57 Å². The van der Waals surface area contributed by atoms with Gasteiger partial charge in [0.1, 0.15) is 6.67 Å². The Hall–Kier alpha value is -2.43. The monoisotopic (exact) mass is 253 g/mol. The molecule has 3 rings (SSSR count). The lowest BCUT2D eigenvalue weighted by atomic mass is 10.3. The van der Waals surface area contributed by atoms with Gasteiger partial charge in [-0.15, -0.1) is 0 Å². The zero-order valence-corrected chi connectivity index (χ0v) is 10.6. The van der Waals surface area contributed by atoms with Crippen molar-refractivity contribution in [3.8, 4) is 0 Å². The second kappa shape index (κ2) is 5.48. The highest BCUT2D eigenvalue weighted by atomic mass is 15.4. The summed E-state index contributed by atoms with van der Waals surface area (Å²) in [6, 6.07) is 5.87. The van der Waals surface area contributed by atoms with E-state index in [0.717, 1.165) is 19.9 Å². The van der Waals surface area contributed by atoms with Gasteiger partial charge in [-0.2, -0.15) is 4.98 Å². The topological polar surface area (TPSA) is 36.1 Å². The van der Waals surface area contributed by atoms with Crippen molar-refractivity contribution in [1.82, 2.24) is 19.8 Å². The second-order valence-electron chi connectivity index (χ2n) is 4.46. The fourth-order valence-corrected chi connectivity index (χ4v) is 2.03. The molecule has 96 valence electrons. The molecule has 0 saturated heterocycles. The molecule has 0 saturated carbocycles. The molecule has 1 aliphatic rings.